The molecule has 0 heterocycles. The van der Waals surface area contributed by atoms with Crippen molar-refractivity contribution in [3.8, 4) is 0 Å². The van der Waals surface area contributed by atoms with Crippen molar-refractivity contribution in [2.24, 2.45) is 0 Å². The van der Waals surface area contributed by atoms with Gasteiger partial charge in [0.25, 0.3) is 0 Å². The molecule has 0 saturated carbocycles. The van der Waals surface area contributed by atoms with Gasteiger partial charge in [0, 0.05) is 10.0 Å². The van der Waals surface area contributed by atoms with Gasteiger partial charge in [-0.25, -0.2) is 8.78 Å². The molecular weight excluding hydrogens is 292 g/mol. The Morgan fingerprint density at radius 2 is 1.82 bits per heavy atom. The third-order valence-corrected chi connectivity index (χ3v) is 2.79. The lowest BCUT2D eigenvalue weighted by Crippen LogP contribution is -2.25. The number of likely N-dealkylation sites (N-methyl/N-ethyl adjacent to an activating group) is 1. The fourth-order valence-corrected chi connectivity index (χ4v) is 1.89. The Labute approximate surface area is 108 Å². The number of nitrogens with one attached hydrogen (secondary N) is 1. The Hall–Kier alpha value is -0.520. The van der Waals surface area contributed by atoms with E-state index in [1.807, 2.05) is 13.8 Å². The Balaban J connectivity index is 2.95. The largest absolute Gasteiger partial charge is 0.377 e. The summed E-state index contributed by atoms with van der Waals surface area (Å²) in [5.74, 6) is -1.16. The molecule has 0 aromatic heterocycles. The molecule has 1 N–H and O–H groups in total. The normalized spacial score (nSPS) is 13.1. The molecule has 0 amide bonds. The first-order valence-electron chi connectivity index (χ1n) is 5.39. The van der Waals surface area contributed by atoms with Crippen LogP contribution in [0, 0.1) is 11.6 Å². The summed E-state index contributed by atoms with van der Waals surface area (Å²) in [6.45, 7) is 3.98. The molecule has 0 saturated heterocycles. The van der Waals surface area contributed by atoms with Crippen LogP contribution in [0.5, 0.6) is 0 Å². The van der Waals surface area contributed by atoms with Gasteiger partial charge in [-0.3, -0.25) is 0 Å². The molecule has 0 radical (unpaired) electrons. The molecule has 0 spiro atoms. The highest BCUT2D eigenvalue weighted by atomic mass is 79.9. The minimum absolute atomic E-state index is 0.0105. The zero-order chi connectivity index (χ0) is 13.0. The lowest BCUT2D eigenvalue weighted by molar-refractivity contribution is 0.0612. The Bertz CT molecular complexity index is 362. The van der Waals surface area contributed by atoms with Gasteiger partial charge < -0.3 is 10.1 Å². The summed E-state index contributed by atoms with van der Waals surface area (Å²) in [5.41, 5.74) is 0.0105. The second-order valence-electron chi connectivity index (χ2n) is 4.01. The third-order valence-electron chi connectivity index (χ3n) is 2.34. The maximum Gasteiger partial charge on any atom is 0.132 e. The van der Waals surface area contributed by atoms with Crippen LogP contribution in [-0.2, 0) is 4.74 Å². The number of benzene rings is 1. The predicted molar refractivity (Wildman–Crippen MR) is 66.9 cm³/mol. The number of halogens is 3. The molecule has 96 valence electrons. The van der Waals surface area contributed by atoms with Gasteiger partial charge in [0.2, 0.25) is 0 Å². The van der Waals surface area contributed by atoms with Crippen LogP contribution in [0.1, 0.15) is 25.5 Å². The van der Waals surface area contributed by atoms with Gasteiger partial charge >= 0.3 is 0 Å². The average molecular weight is 308 g/mol. The smallest absolute Gasteiger partial charge is 0.132 e. The zero-order valence-electron chi connectivity index (χ0n) is 10.1. The van der Waals surface area contributed by atoms with Crippen LogP contribution in [0.3, 0.4) is 0 Å². The summed E-state index contributed by atoms with van der Waals surface area (Å²) in [6, 6.07) is 2.00. The van der Waals surface area contributed by atoms with Crippen molar-refractivity contribution in [1.82, 2.24) is 5.32 Å². The standard InChI is InChI=1S/C12H16BrF2NO/c1-7(2)17-6-11(16-3)12-9(14)4-8(13)5-10(12)15/h4-5,7,11,16H,6H2,1-3H3. The SMILES string of the molecule is CNC(COC(C)C)c1c(F)cc(Br)cc1F. The Morgan fingerprint density at radius 1 is 1.29 bits per heavy atom. The van der Waals surface area contributed by atoms with E-state index in [0.717, 1.165) is 0 Å². The average Bonchev–Trinajstić information content (AvgIpc) is 2.21. The number of hydrogen-bond donors (Lipinski definition) is 1. The van der Waals surface area contributed by atoms with Crippen LogP contribution < -0.4 is 5.32 Å². The van der Waals surface area contributed by atoms with Crippen molar-refractivity contribution >= 4 is 15.9 Å². The first-order chi connectivity index (χ1) is 7.95. The van der Waals surface area contributed by atoms with E-state index < -0.39 is 17.7 Å². The summed E-state index contributed by atoms with van der Waals surface area (Å²) < 4.78 is 33.2. The van der Waals surface area contributed by atoms with Crippen molar-refractivity contribution in [2.75, 3.05) is 13.7 Å². The maximum atomic E-state index is 13.7. The third kappa shape index (κ3) is 4.01. The van der Waals surface area contributed by atoms with Crippen molar-refractivity contribution in [3.05, 3.63) is 33.8 Å². The minimum Gasteiger partial charge on any atom is -0.377 e. The van der Waals surface area contributed by atoms with E-state index in [9.17, 15) is 8.78 Å². The molecule has 1 rings (SSSR count). The molecule has 0 aliphatic heterocycles. The van der Waals surface area contributed by atoms with Crippen LogP contribution in [0.25, 0.3) is 0 Å². The quantitative estimate of drug-likeness (QED) is 0.900. The summed E-state index contributed by atoms with van der Waals surface area (Å²) in [6.07, 6.45) is 0.0208. The summed E-state index contributed by atoms with van der Waals surface area (Å²) in [7, 11) is 1.65. The lowest BCUT2D eigenvalue weighted by atomic mass is 10.1. The number of rotatable bonds is 5. The monoisotopic (exact) mass is 307 g/mol. The minimum atomic E-state index is -0.580. The highest BCUT2D eigenvalue weighted by Gasteiger charge is 2.20. The first-order valence-corrected chi connectivity index (χ1v) is 6.18. The van der Waals surface area contributed by atoms with Crippen molar-refractivity contribution in [3.63, 3.8) is 0 Å². The van der Waals surface area contributed by atoms with Crippen molar-refractivity contribution in [2.45, 2.75) is 26.0 Å². The van der Waals surface area contributed by atoms with Crippen LogP contribution in [0.2, 0.25) is 0 Å². The number of ether oxygens (including phenoxy) is 1. The van der Waals surface area contributed by atoms with Crippen LogP contribution in [0.4, 0.5) is 8.78 Å². The van der Waals surface area contributed by atoms with Crippen LogP contribution >= 0.6 is 15.9 Å². The van der Waals surface area contributed by atoms with Gasteiger partial charge in [-0.15, -0.1) is 0 Å². The van der Waals surface area contributed by atoms with Gasteiger partial charge in [0.05, 0.1) is 18.8 Å². The summed E-state index contributed by atoms with van der Waals surface area (Å²) in [4.78, 5) is 0. The molecule has 0 aliphatic carbocycles. The molecule has 1 aromatic carbocycles. The van der Waals surface area contributed by atoms with Gasteiger partial charge in [-0.1, -0.05) is 15.9 Å². The Kier molecular flexibility index (Phi) is 5.49. The second-order valence-corrected chi connectivity index (χ2v) is 4.92. The molecule has 1 atom stereocenters. The summed E-state index contributed by atoms with van der Waals surface area (Å²) in [5, 5.41) is 2.85. The highest BCUT2D eigenvalue weighted by molar-refractivity contribution is 9.10. The van der Waals surface area contributed by atoms with E-state index in [4.69, 9.17) is 4.74 Å². The van der Waals surface area contributed by atoms with Gasteiger partial charge in [0.15, 0.2) is 0 Å². The van der Waals surface area contributed by atoms with Crippen LogP contribution in [-0.4, -0.2) is 19.8 Å². The van der Waals surface area contributed by atoms with Gasteiger partial charge in [-0.2, -0.15) is 0 Å². The first kappa shape index (κ1) is 14.5. The molecular formula is C12H16BrF2NO. The van der Waals surface area contributed by atoms with Crippen molar-refractivity contribution in [1.29, 1.82) is 0 Å². The topological polar surface area (TPSA) is 21.3 Å². The van der Waals surface area contributed by atoms with E-state index >= 15 is 0 Å². The molecule has 0 fully saturated rings. The second kappa shape index (κ2) is 6.42. The van der Waals surface area contributed by atoms with E-state index in [1.165, 1.54) is 12.1 Å². The van der Waals surface area contributed by atoms with E-state index in [-0.39, 0.29) is 18.3 Å². The Morgan fingerprint density at radius 3 is 2.24 bits per heavy atom. The van der Waals surface area contributed by atoms with E-state index in [2.05, 4.69) is 21.2 Å². The highest BCUT2D eigenvalue weighted by Crippen LogP contribution is 2.25. The zero-order valence-corrected chi connectivity index (χ0v) is 11.6. The molecule has 2 nitrogen and oxygen atoms in total. The number of hydrogen-bond acceptors (Lipinski definition) is 2. The summed E-state index contributed by atoms with van der Waals surface area (Å²) >= 11 is 3.05. The maximum absolute atomic E-state index is 13.7. The predicted octanol–water partition coefficient (Wildman–Crippen LogP) is 3.41. The van der Waals surface area contributed by atoms with Gasteiger partial charge in [-0.05, 0) is 33.0 Å². The fourth-order valence-electron chi connectivity index (χ4n) is 1.49. The van der Waals surface area contributed by atoms with Crippen molar-refractivity contribution < 1.29 is 13.5 Å². The molecule has 0 aliphatic rings. The molecule has 17 heavy (non-hydrogen) atoms. The van der Waals surface area contributed by atoms with E-state index in [1.54, 1.807) is 7.05 Å². The molecule has 1 aromatic rings. The molecule has 5 heteroatoms. The molecule has 1 unspecified atom stereocenters. The van der Waals surface area contributed by atoms with Crippen LogP contribution in [0.15, 0.2) is 16.6 Å². The van der Waals surface area contributed by atoms with E-state index in [0.29, 0.717) is 4.47 Å². The lowest BCUT2D eigenvalue weighted by Gasteiger charge is -2.19. The van der Waals surface area contributed by atoms with Gasteiger partial charge in [0.1, 0.15) is 11.6 Å². The molecule has 0 bridgehead atoms. The fraction of sp³-hybridized carbons (Fsp3) is 0.500.